The number of carbonyl (C=O) groups is 2. The Bertz CT molecular complexity index is 530. The van der Waals surface area contributed by atoms with Crippen LogP contribution in [0.4, 0.5) is 4.79 Å². The number of carbonyl (C=O) groups excluding carboxylic acids is 2. The van der Waals surface area contributed by atoms with Gasteiger partial charge in [0.15, 0.2) is 0 Å². The van der Waals surface area contributed by atoms with Crippen LogP contribution in [0, 0.1) is 23.2 Å². The molecule has 4 saturated carbocycles. The molecule has 0 aromatic heterocycles. The van der Waals surface area contributed by atoms with Gasteiger partial charge in [-0.25, -0.2) is 4.79 Å². The highest BCUT2D eigenvalue weighted by atomic mass is 16.5. The third kappa shape index (κ3) is 3.77. The normalized spacial score (nSPS) is 36.0. The van der Waals surface area contributed by atoms with Crippen molar-refractivity contribution in [3.8, 4) is 0 Å². The summed E-state index contributed by atoms with van der Waals surface area (Å²) >= 11 is 0. The molecule has 0 aromatic carbocycles. The predicted octanol–water partition coefficient (Wildman–Crippen LogP) is 3.50. The monoisotopic (exact) mass is 360 g/mol. The molecule has 4 bridgehead atoms. The highest BCUT2D eigenvalue weighted by Gasteiger charge is 2.51. The van der Waals surface area contributed by atoms with Gasteiger partial charge in [-0.15, -0.1) is 0 Å². The summed E-state index contributed by atoms with van der Waals surface area (Å²) in [6.45, 7) is 5.26. The molecule has 2 amide bonds. The van der Waals surface area contributed by atoms with Crippen LogP contribution in [0.25, 0.3) is 0 Å². The first kappa shape index (κ1) is 17.9. The van der Waals surface area contributed by atoms with E-state index in [1.807, 2.05) is 4.90 Å². The van der Waals surface area contributed by atoms with Gasteiger partial charge in [0.2, 0.25) is 5.91 Å². The molecule has 1 aliphatic heterocycles. The number of rotatable bonds is 5. The van der Waals surface area contributed by atoms with E-state index >= 15 is 0 Å². The van der Waals surface area contributed by atoms with Crippen molar-refractivity contribution >= 4 is 12.0 Å². The van der Waals surface area contributed by atoms with Gasteiger partial charge in [0.05, 0.1) is 0 Å². The fourth-order valence-corrected chi connectivity index (χ4v) is 6.56. The second-order valence-electron chi connectivity index (χ2n) is 9.28. The van der Waals surface area contributed by atoms with Gasteiger partial charge in [0, 0.05) is 25.6 Å². The van der Waals surface area contributed by atoms with Crippen LogP contribution in [0.2, 0.25) is 0 Å². The third-order valence-corrected chi connectivity index (χ3v) is 7.19. The van der Waals surface area contributed by atoms with Crippen molar-refractivity contribution in [3.05, 3.63) is 12.7 Å². The first-order chi connectivity index (χ1) is 12.5. The molecule has 1 heterocycles. The molecule has 0 aromatic rings. The lowest BCUT2D eigenvalue weighted by Gasteiger charge is -2.57. The van der Waals surface area contributed by atoms with Gasteiger partial charge in [-0.2, -0.15) is 0 Å². The summed E-state index contributed by atoms with van der Waals surface area (Å²) in [6.07, 6.45) is 11.7. The summed E-state index contributed by atoms with van der Waals surface area (Å²) in [7, 11) is 0. The van der Waals surface area contributed by atoms with Gasteiger partial charge in [-0.1, -0.05) is 12.7 Å². The molecule has 5 heteroatoms. The molecule has 4 aliphatic carbocycles. The maximum atomic E-state index is 13.0. The van der Waals surface area contributed by atoms with E-state index in [-0.39, 0.29) is 18.7 Å². The highest BCUT2D eigenvalue weighted by Crippen LogP contribution is 2.61. The van der Waals surface area contributed by atoms with Crippen LogP contribution in [-0.4, -0.2) is 42.6 Å². The van der Waals surface area contributed by atoms with E-state index in [0.717, 1.165) is 50.1 Å². The van der Waals surface area contributed by atoms with E-state index in [9.17, 15) is 9.59 Å². The second-order valence-corrected chi connectivity index (χ2v) is 9.28. The average Bonchev–Trinajstić information content (AvgIpc) is 2.59. The minimum Gasteiger partial charge on any atom is -0.445 e. The third-order valence-electron chi connectivity index (χ3n) is 7.19. The maximum Gasteiger partial charge on any atom is 0.407 e. The molecule has 0 radical (unpaired) electrons. The number of piperidine rings is 1. The Morgan fingerprint density at radius 3 is 2.19 bits per heavy atom. The molecule has 0 spiro atoms. The zero-order valence-electron chi connectivity index (χ0n) is 15.8. The number of hydrogen-bond acceptors (Lipinski definition) is 3. The predicted molar refractivity (Wildman–Crippen MR) is 99.5 cm³/mol. The van der Waals surface area contributed by atoms with Crippen LogP contribution in [0.5, 0.6) is 0 Å². The molecule has 1 saturated heterocycles. The molecule has 0 unspecified atom stereocenters. The summed E-state index contributed by atoms with van der Waals surface area (Å²) in [5.41, 5.74) is 0.315. The summed E-state index contributed by atoms with van der Waals surface area (Å²) in [5.74, 6) is 3.03. The Hall–Kier alpha value is -1.52. The molecular weight excluding hydrogens is 328 g/mol. The van der Waals surface area contributed by atoms with Crippen molar-refractivity contribution in [1.29, 1.82) is 0 Å². The average molecular weight is 360 g/mol. The zero-order valence-corrected chi connectivity index (χ0v) is 15.8. The molecule has 5 rings (SSSR count). The second kappa shape index (κ2) is 7.24. The lowest BCUT2D eigenvalue weighted by Crippen LogP contribution is -2.50. The molecule has 144 valence electrons. The van der Waals surface area contributed by atoms with Crippen LogP contribution < -0.4 is 5.32 Å². The fraction of sp³-hybridized carbons (Fsp3) is 0.810. The van der Waals surface area contributed by atoms with E-state index in [0.29, 0.717) is 11.3 Å². The lowest BCUT2D eigenvalue weighted by atomic mass is 9.49. The van der Waals surface area contributed by atoms with Gasteiger partial charge < -0.3 is 15.0 Å². The zero-order chi connectivity index (χ0) is 18.1. The van der Waals surface area contributed by atoms with E-state index < -0.39 is 0 Å². The van der Waals surface area contributed by atoms with Crippen LogP contribution in [0.3, 0.4) is 0 Å². The van der Waals surface area contributed by atoms with Crippen LogP contribution in [0.1, 0.15) is 57.8 Å². The number of nitrogens with one attached hydrogen (secondary N) is 1. The van der Waals surface area contributed by atoms with Gasteiger partial charge in [0.25, 0.3) is 0 Å². The van der Waals surface area contributed by atoms with Crippen molar-refractivity contribution in [1.82, 2.24) is 10.2 Å². The maximum absolute atomic E-state index is 13.0. The van der Waals surface area contributed by atoms with Crippen molar-refractivity contribution in [2.24, 2.45) is 23.2 Å². The quantitative estimate of drug-likeness (QED) is 0.764. The van der Waals surface area contributed by atoms with Crippen LogP contribution in [-0.2, 0) is 9.53 Å². The first-order valence-electron chi connectivity index (χ1n) is 10.4. The van der Waals surface area contributed by atoms with E-state index in [1.54, 1.807) is 6.08 Å². The summed E-state index contributed by atoms with van der Waals surface area (Å²) in [4.78, 5) is 26.6. The Labute approximate surface area is 156 Å². The van der Waals surface area contributed by atoms with E-state index in [2.05, 4.69) is 11.9 Å². The molecular formula is C21H32N2O3. The molecule has 26 heavy (non-hydrogen) atoms. The van der Waals surface area contributed by atoms with Crippen molar-refractivity contribution in [2.75, 3.05) is 19.7 Å². The Balaban J connectivity index is 1.25. The number of alkyl carbamates (subject to hydrolysis) is 1. The Morgan fingerprint density at radius 1 is 1.08 bits per heavy atom. The minimum atomic E-state index is -0.386. The number of ether oxygens (including phenoxy) is 1. The molecule has 5 aliphatic rings. The molecule has 5 nitrogen and oxygen atoms in total. The number of nitrogens with zero attached hydrogens (tertiary/aromatic N) is 1. The van der Waals surface area contributed by atoms with Crippen molar-refractivity contribution < 1.29 is 14.3 Å². The summed E-state index contributed by atoms with van der Waals surface area (Å²) < 4.78 is 4.98. The standard InChI is InChI=1S/C21H32N2O3/c1-2-7-26-20(25)22-18-3-5-23(6-4-18)19(24)14-21-11-15-8-16(12-21)10-17(9-15)13-21/h2,15-18H,1,3-14H2,(H,22,25). The van der Waals surface area contributed by atoms with Gasteiger partial charge in [0.1, 0.15) is 6.61 Å². The number of likely N-dealkylation sites (tertiary alicyclic amines) is 1. The summed E-state index contributed by atoms with van der Waals surface area (Å²) in [6, 6.07) is 0.107. The van der Waals surface area contributed by atoms with Crippen molar-refractivity contribution in [2.45, 2.75) is 63.8 Å². The lowest BCUT2D eigenvalue weighted by molar-refractivity contribution is -0.140. The molecule has 5 fully saturated rings. The van der Waals surface area contributed by atoms with E-state index in [1.165, 1.54) is 38.5 Å². The number of amides is 2. The topological polar surface area (TPSA) is 58.6 Å². The molecule has 0 atom stereocenters. The van der Waals surface area contributed by atoms with Gasteiger partial charge in [-0.05, 0) is 74.5 Å². The van der Waals surface area contributed by atoms with Gasteiger partial charge >= 0.3 is 6.09 Å². The summed E-state index contributed by atoms with van der Waals surface area (Å²) in [5, 5.41) is 2.89. The van der Waals surface area contributed by atoms with Crippen molar-refractivity contribution in [3.63, 3.8) is 0 Å². The van der Waals surface area contributed by atoms with Crippen LogP contribution in [0.15, 0.2) is 12.7 Å². The molecule has 1 N–H and O–H groups in total. The number of hydrogen-bond donors (Lipinski definition) is 1. The highest BCUT2D eigenvalue weighted by molar-refractivity contribution is 5.77. The Kier molecular flexibility index (Phi) is 4.98. The largest absolute Gasteiger partial charge is 0.445 e. The Morgan fingerprint density at radius 2 is 1.65 bits per heavy atom. The van der Waals surface area contributed by atoms with E-state index in [4.69, 9.17) is 4.74 Å². The van der Waals surface area contributed by atoms with Gasteiger partial charge in [-0.3, -0.25) is 4.79 Å². The minimum absolute atomic E-state index is 0.107. The van der Waals surface area contributed by atoms with Crippen LogP contribution >= 0.6 is 0 Å². The SMILES string of the molecule is C=CCOC(=O)NC1CCN(C(=O)CC23CC4CC(CC(C4)C2)C3)CC1. The smallest absolute Gasteiger partial charge is 0.407 e. The fourth-order valence-electron chi connectivity index (χ4n) is 6.56. The first-order valence-corrected chi connectivity index (χ1v) is 10.4.